The first kappa shape index (κ1) is 13.0. The molecule has 0 aromatic heterocycles. The van der Waals surface area contributed by atoms with Gasteiger partial charge in [0.15, 0.2) is 0 Å². The van der Waals surface area contributed by atoms with Gasteiger partial charge in [-0.15, -0.1) is 0 Å². The third kappa shape index (κ3) is 7.06. The number of hydrogen-bond acceptors (Lipinski definition) is 1. The maximum Gasteiger partial charge on any atom is 0.00642 e. The Morgan fingerprint density at radius 2 is 1.38 bits per heavy atom. The molecular formula is C12H27N. The predicted octanol–water partition coefficient (Wildman–Crippen LogP) is 3.45. The Morgan fingerprint density at radius 3 is 1.77 bits per heavy atom. The largest absolute Gasteiger partial charge is 0.312 e. The summed E-state index contributed by atoms with van der Waals surface area (Å²) < 4.78 is 0. The van der Waals surface area contributed by atoms with Crippen LogP contribution in [0.2, 0.25) is 0 Å². The van der Waals surface area contributed by atoms with E-state index in [1.54, 1.807) is 0 Å². The summed E-state index contributed by atoms with van der Waals surface area (Å²) in [5.74, 6) is 1.57. The van der Waals surface area contributed by atoms with Crippen molar-refractivity contribution in [3.8, 4) is 0 Å². The van der Waals surface area contributed by atoms with E-state index in [1.165, 1.54) is 12.8 Å². The molecule has 0 spiro atoms. The molecule has 0 aliphatic rings. The summed E-state index contributed by atoms with van der Waals surface area (Å²) in [7, 11) is 0. The van der Waals surface area contributed by atoms with Crippen LogP contribution < -0.4 is 5.32 Å². The zero-order valence-corrected chi connectivity index (χ0v) is 10.2. The van der Waals surface area contributed by atoms with Gasteiger partial charge in [-0.25, -0.2) is 0 Å². The Bertz CT molecular complexity index is 118. The van der Waals surface area contributed by atoms with Gasteiger partial charge in [0.05, 0.1) is 0 Å². The molecule has 1 nitrogen and oxygen atoms in total. The van der Waals surface area contributed by atoms with E-state index >= 15 is 0 Å². The summed E-state index contributed by atoms with van der Waals surface area (Å²) in [6.45, 7) is 13.7. The van der Waals surface area contributed by atoms with Crippen molar-refractivity contribution >= 4 is 0 Å². The van der Waals surface area contributed by atoms with Crippen LogP contribution in [0.5, 0.6) is 0 Å². The lowest BCUT2D eigenvalue weighted by atomic mass is 10.0. The highest BCUT2D eigenvalue weighted by molar-refractivity contribution is 4.70. The van der Waals surface area contributed by atoms with Crippen molar-refractivity contribution in [3.63, 3.8) is 0 Å². The molecule has 0 amide bonds. The summed E-state index contributed by atoms with van der Waals surface area (Å²) in [5.41, 5.74) is 0. The van der Waals surface area contributed by atoms with Crippen molar-refractivity contribution < 1.29 is 0 Å². The minimum Gasteiger partial charge on any atom is -0.312 e. The topological polar surface area (TPSA) is 12.0 Å². The average molecular weight is 185 g/mol. The van der Waals surface area contributed by atoms with Crippen molar-refractivity contribution in [2.45, 2.75) is 66.5 Å². The van der Waals surface area contributed by atoms with Crippen LogP contribution in [0, 0.1) is 11.8 Å². The molecule has 0 fully saturated rings. The molecule has 0 rings (SSSR count). The Morgan fingerprint density at radius 1 is 0.846 bits per heavy atom. The SMILES string of the molecule is CC(C)CC[C@H](C)N[C@@H](C)C(C)C. The Hall–Kier alpha value is -0.0400. The molecule has 2 atom stereocenters. The lowest BCUT2D eigenvalue weighted by molar-refractivity contribution is 0.357. The molecule has 0 aliphatic carbocycles. The Labute approximate surface area is 84.3 Å². The van der Waals surface area contributed by atoms with Gasteiger partial charge in [0, 0.05) is 12.1 Å². The number of hydrogen-bond donors (Lipinski definition) is 1. The van der Waals surface area contributed by atoms with E-state index in [-0.39, 0.29) is 0 Å². The molecule has 0 radical (unpaired) electrons. The summed E-state index contributed by atoms with van der Waals surface area (Å²) >= 11 is 0. The third-order valence-electron chi connectivity index (χ3n) is 2.72. The zero-order valence-electron chi connectivity index (χ0n) is 10.2. The molecule has 1 N–H and O–H groups in total. The highest BCUT2D eigenvalue weighted by Crippen LogP contribution is 2.08. The van der Waals surface area contributed by atoms with Gasteiger partial charge in [-0.3, -0.25) is 0 Å². The van der Waals surface area contributed by atoms with Crippen molar-refractivity contribution in [3.05, 3.63) is 0 Å². The molecular weight excluding hydrogens is 158 g/mol. The molecule has 1 heteroatoms. The summed E-state index contributed by atoms with van der Waals surface area (Å²) in [6.07, 6.45) is 2.63. The predicted molar refractivity (Wildman–Crippen MR) is 61.0 cm³/mol. The van der Waals surface area contributed by atoms with Gasteiger partial charge in [0.1, 0.15) is 0 Å². The second-order valence-electron chi connectivity index (χ2n) is 5.07. The van der Waals surface area contributed by atoms with Crippen molar-refractivity contribution in [2.24, 2.45) is 11.8 Å². The molecule has 0 unspecified atom stereocenters. The van der Waals surface area contributed by atoms with E-state index < -0.39 is 0 Å². The van der Waals surface area contributed by atoms with E-state index in [1.807, 2.05) is 0 Å². The van der Waals surface area contributed by atoms with Gasteiger partial charge in [-0.2, -0.15) is 0 Å². The normalized spacial score (nSPS) is 16.6. The molecule has 0 saturated heterocycles. The lowest BCUT2D eigenvalue weighted by Crippen LogP contribution is -2.37. The molecule has 80 valence electrons. The fourth-order valence-corrected chi connectivity index (χ4v) is 1.31. The summed E-state index contributed by atoms with van der Waals surface area (Å²) in [5, 5.41) is 3.63. The average Bonchev–Trinajstić information content (AvgIpc) is 2.00. The van der Waals surface area contributed by atoms with E-state index in [4.69, 9.17) is 0 Å². The summed E-state index contributed by atoms with van der Waals surface area (Å²) in [6, 6.07) is 1.31. The fourth-order valence-electron chi connectivity index (χ4n) is 1.31. The smallest absolute Gasteiger partial charge is 0.00642 e. The highest BCUT2D eigenvalue weighted by Gasteiger charge is 2.10. The maximum absolute atomic E-state index is 3.63. The van der Waals surface area contributed by atoms with Crippen LogP contribution in [0.4, 0.5) is 0 Å². The molecule has 13 heavy (non-hydrogen) atoms. The first-order chi connectivity index (χ1) is 5.93. The van der Waals surface area contributed by atoms with E-state index in [2.05, 4.69) is 46.9 Å². The fraction of sp³-hybridized carbons (Fsp3) is 1.00. The minimum absolute atomic E-state index is 0.641. The van der Waals surface area contributed by atoms with Crippen LogP contribution in [0.1, 0.15) is 54.4 Å². The minimum atomic E-state index is 0.641. The Balaban J connectivity index is 3.55. The second kappa shape index (κ2) is 6.42. The molecule has 0 aromatic carbocycles. The first-order valence-electron chi connectivity index (χ1n) is 5.69. The van der Waals surface area contributed by atoms with Crippen molar-refractivity contribution in [1.82, 2.24) is 5.32 Å². The summed E-state index contributed by atoms with van der Waals surface area (Å²) in [4.78, 5) is 0. The second-order valence-corrected chi connectivity index (χ2v) is 5.07. The quantitative estimate of drug-likeness (QED) is 0.668. The highest BCUT2D eigenvalue weighted by atomic mass is 14.9. The molecule has 0 bridgehead atoms. The van der Waals surface area contributed by atoms with Crippen LogP contribution in [-0.2, 0) is 0 Å². The third-order valence-corrected chi connectivity index (χ3v) is 2.72. The van der Waals surface area contributed by atoms with Crippen LogP contribution in [0.25, 0.3) is 0 Å². The standard InChI is InChI=1S/C12H27N/c1-9(2)7-8-11(5)13-12(6)10(3)4/h9-13H,7-8H2,1-6H3/t11-,12-/m0/s1. The Kier molecular flexibility index (Phi) is 6.40. The number of rotatable bonds is 6. The van der Waals surface area contributed by atoms with Gasteiger partial charge in [-0.1, -0.05) is 27.7 Å². The molecule has 0 aromatic rings. The number of nitrogens with one attached hydrogen (secondary N) is 1. The van der Waals surface area contributed by atoms with Crippen LogP contribution in [0.3, 0.4) is 0 Å². The van der Waals surface area contributed by atoms with Crippen LogP contribution in [0.15, 0.2) is 0 Å². The lowest BCUT2D eigenvalue weighted by Gasteiger charge is -2.23. The van der Waals surface area contributed by atoms with Gasteiger partial charge in [-0.05, 0) is 38.5 Å². The molecule has 0 saturated carbocycles. The zero-order chi connectivity index (χ0) is 10.4. The van der Waals surface area contributed by atoms with Gasteiger partial charge >= 0.3 is 0 Å². The van der Waals surface area contributed by atoms with E-state index in [9.17, 15) is 0 Å². The first-order valence-corrected chi connectivity index (χ1v) is 5.69. The van der Waals surface area contributed by atoms with Gasteiger partial charge in [0.2, 0.25) is 0 Å². The molecule has 0 aliphatic heterocycles. The van der Waals surface area contributed by atoms with Gasteiger partial charge in [0.25, 0.3) is 0 Å². The van der Waals surface area contributed by atoms with Crippen molar-refractivity contribution in [2.75, 3.05) is 0 Å². The molecule has 0 heterocycles. The van der Waals surface area contributed by atoms with E-state index in [0.717, 1.165) is 11.8 Å². The van der Waals surface area contributed by atoms with Gasteiger partial charge < -0.3 is 5.32 Å². The monoisotopic (exact) mass is 185 g/mol. The van der Waals surface area contributed by atoms with E-state index in [0.29, 0.717) is 12.1 Å². The van der Waals surface area contributed by atoms with Crippen molar-refractivity contribution in [1.29, 1.82) is 0 Å². The maximum atomic E-state index is 3.63. The van der Waals surface area contributed by atoms with Crippen LogP contribution in [-0.4, -0.2) is 12.1 Å². The van der Waals surface area contributed by atoms with Crippen LogP contribution >= 0.6 is 0 Å².